The first-order chi connectivity index (χ1) is 16.1. The molecule has 0 heterocycles. The van der Waals surface area contributed by atoms with E-state index in [9.17, 15) is 24.3 Å². The first-order valence-corrected chi connectivity index (χ1v) is 12.7. The van der Waals surface area contributed by atoms with Crippen LogP contribution in [0.25, 0.3) is 0 Å². The molecule has 5 heteroatoms. The lowest BCUT2D eigenvalue weighted by molar-refractivity contribution is -0.168. The number of rotatable bonds is 5. The number of carbonyl (C=O) groups excluding carboxylic acids is 4. The van der Waals surface area contributed by atoms with Gasteiger partial charge in [-0.05, 0) is 55.4 Å². The van der Waals surface area contributed by atoms with Gasteiger partial charge in [0.05, 0.1) is 0 Å². The number of aliphatic hydroxyl groups is 1. The van der Waals surface area contributed by atoms with Gasteiger partial charge in [0.15, 0.2) is 17.3 Å². The molecule has 0 aromatic heterocycles. The molecule has 4 aliphatic carbocycles. The van der Waals surface area contributed by atoms with E-state index in [0.29, 0.717) is 31.2 Å². The van der Waals surface area contributed by atoms with Crippen LogP contribution in [0, 0.1) is 28.6 Å². The van der Waals surface area contributed by atoms with Crippen LogP contribution in [0.3, 0.4) is 0 Å². The normalized spacial score (nSPS) is 39.0. The fourth-order valence-corrected chi connectivity index (χ4v) is 8.05. The summed E-state index contributed by atoms with van der Waals surface area (Å²) in [5.74, 6) is -0.0676. The van der Waals surface area contributed by atoms with E-state index in [4.69, 9.17) is 0 Å². The van der Waals surface area contributed by atoms with E-state index >= 15 is 0 Å². The Morgan fingerprint density at radius 1 is 1.00 bits per heavy atom. The van der Waals surface area contributed by atoms with Crippen LogP contribution in [-0.4, -0.2) is 33.8 Å². The lowest BCUT2D eigenvalue weighted by Crippen LogP contribution is -2.60. The molecular weight excluding hydrogens is 428 g/mol. The van der Waals surface area contributed by atoms with Gasteiger partial charge < -0.3 is 5.11 Å². The van der Waals surface area contributed by atoms with E-state index in [1.165, 1.54) is 0 Å². The summed E-state index contributed by atoms with van der Waals surface area (Å²) in [6.45, 7) is 4.07. The van der Waals surface area contributed by atoms with E-state index in [0.717, 1.165) is 18.4 Å². The second-order valence-corrected chi connectivity index (χ2v) is 11.5. The Kier molecular flexibility index (Phi) is 5.55. The minimum absolute atomic E-state index is 0.0124. The molecule has 0 spiro atoms. The van der Waals surface area contributed by atoms with E-state index in [1.54, 1.807) is 30.3 Å². The molecule has 1 N–H and O–H groups in total. The zero-order chi connectivity index (χ0) is 24.3. The Bertz CT molecular complexity index is 1090. The number of carbonyl (C=O) groups is 4. The molecule has 0 bridgehead atoms. The van der Waals surface area contributed by atoms with Crippen molar-refractivity contribution >= 4 is 23.1 Å². The molecule has 6 atom stereocenters. The van der Waals surface area contributed by atoms with Crippen molar-refractivity contribution < 1.29 is 24.3 Å². The molecule has 34 heavy (non-hydrogen) atoms. The fourth-order valence-electron chi connectivity index (χ4n) is 8.05. The van der Waals surface area contributed by atoms with Crippen LogP contribution >= 0.6 is 0 Å². The van der Waals surface area contributed by atoms with Crippen molar-refractivity contribution in [3.63, 3.8) is 0 Å². The number of fused-ring (bicyclic) bond motifs is 5. The van der Waals surface area contributed by atoms with E-state index in [2.05, 4.69) is 6.92 Å². The van der Waals surface area contributed by atoms with Crippen molar-refractivity contribution in [2.24, 2.45) is 28.6 Å². The number of ketones is 4. The molecule has 3 saturated carbocycles. The highest BCUT2D eigenvalue weighted by Gasteiger charge is 2.68. The van der Waals surface area contributed by atoms with Crippen LogP contribution in [0.1, 0.15) is 82.0 Å². The van der Waals surface area contributed by atoms with E-state index in [1.807, 2.05) is 13.0 Å². The van der Waals surface area contributed by atoms with Gasteiger partial charge in [-0.15, -0.1) is 0 Å². The van der Waals surface area contributed by atoms with Gasteiger partial charge in [0.2, 0.25) is 0 Å². The molecule has 1 aromatic rings. The van der Waals surface area contributed by atoms with Gasteiger partial charge in [-0.2, -0.15) is 0 Å². The Labute approximate surface area is 201 Å². The van der Waals surface area contributed by atoms with Crippen LogP contribution in [0.5, 0.6) is 0 Å². The molecule has 3 fully saturated rings. The van der Waals surface area contributed by atoms with Gasteiger partial charge in [-0.1, -0.05) is 49.8 Å². The second-order valence-electron chi connectivity index (χ2n) is 11.5. The van der Waals surface area contributed by atoms with Crippen LogP contribution in [0.15, 0.2) is 42.0 Å². The molecular formula is C29H34O5. The molecule has 0 aliphatic heterocycles. The van der Waals surface area contributed by atoms with Gasteiger partial charge in [0, 0.05) is 42.6 Å². The van der Waals surface area contributed by atoms with Gasteiger partial charge >= 0.3 is 0 Å². The van der Waals surface area contributed by atoms with Crippen molar-refractivity contribution in [3.05, 3.63) is 47.5 Å². The van der Waals surface area contributed by atoms with Crippen LogP contribution in [0.2, 0.25) is 0 Å². The largest absolute Gasteiger partial charge is 0.381 e. The Morgan fingerprint density at radius 2 is 1.74 bits per heavy atom. The SMILES string of the molecule is C[C@@]12CCC(=O)C=C1CC[C@H]1[C@H]2C(=O)C[C@]2(C)[C@@H]1CC[C@@]2(O)C(=O)CCC(=O)c1ccccc1. The van der Waals surface area contributed by atoms with Crippen LogP contribution < -0.4 is 0 Å². The predicted octanol–water partition coefficient (Wildman–Crippen LogP) is 4.66. The molecule has 0 unspecified atom stereocenters. The average molecular weight is 463 g/mol. The maximum Gasteiger partial charge on any atom is 0.165 e. The summed E-state index contributed by atoms with van der Waals surface area (Å²) in [6.07, 6.45) is 5.89. The van der Waals surface area contributed by atoms with Gasteiger partial charge in [0.25, 0.3) is 0 Å². The summed E-state index contributed by atoms with van der Waals surface area (Å²) >= 11 is 0. The van der Waals surface area contributed by atoms with Crippen molar-refractivity contribution in [2.75, 3.05) is 0 Å². The molecule has 0 radical (unpaired) electrons. The monoisotopic (exact) mass is 462 g/mol. The zero-order valence-electron chi connectivity index (χ0n) is 20.1. The van der Waals surface area contributed by atoms with Crippen LogP contribution in [-0.2, 0) is 14.4 Å². The maximum atomic E-state index is 13.7. The summed E-state index contributed by atoms with van der Waals surface area (Å²) < 4.78 is 0. The first kappa shape index (κ1) is 23.3. The summed E-state index contributed by atoms with van der Waals surface area (Å²) in [5, 5.41) is 11.8. The van der Waals surface area contributed by atoms with Crippen LogP contribution in [0.4, 0.5) is 0 Å². The number of Topliss-reactive ketones (excluding diaryl/α,β-unsaturated/α-hetero) is 3. The molecule has 1 aromatic carbocycles. The van der Waals surface area contributed by atoms with E-state index < -0.39 is 11.0 Å². The number of benzene rings is 1. The van der Waals surface area contributed by atoms with Gasteiger partial charge in [-0.3, -0.25) is 19.2 Å². The molecule has 4 aliphatic rings. The topological polar surface area (TPSA) is 88.5 Å². The summed E-state index contributed by atoms with van der Waals surface area (Å²) in [7, 11) is 0. The maximum absolute atomic E-state index is 13.7. The number of hydrogen-bond donors (Lipinski definition) is 1. The third kappa shape index (κ3) is 3.30. The second kappa shape index (κ2) is 8.08. The Hall–Kier alpha value is -2.40. The van der Waals surface area contributed by atoms with Gasteiger partial charge in [0.1, 0.15) is 11.4 Å². The summed E-state index contributed by atoms with van der Waals surface area (Å²) in [5.41, 5.74) is -0.985. The van der Waals surface area contributed by atoms with Crippen molar-refractivity contribution in [1.29, 1.82) is 0 Å². The zero-order valence-corrected chi connectivity index (χ0v) is 20.1. The molecule has 5 rings (SSSR count). The number of allylic oxidation sites excluding steroid dienone is 1. The third-order valence-electron chi connectivity index (χ3n) is 9.94. The Morgan fingerprint density at radius 3 is 2.47 bits per heavy atom. The van der Waals surface area contributed by atoms with Crippen molar-refractivity contribution in [2.45, 2.75) is 77.2 Å². The average Bonchev–Trinajstić information content (AvgIpc) is 3.09. The summed E-state index contributed by atoms with van der Waals surface area (Å²) in [6, 6.07) is 8.90. The lowest BCUT2D eigenvalue weighted by Gasteiger charge is -2.57. The molecule has 5 nitrogen and oxygen atoms in total. The summed E-state index contributed by atoms with van der Waals surface area (Å²) in [4.78, 5) is 51.7. The fraction of sp³-hybridized carbons (Fsp3) is 0.586. The highest BCUT2D eigenvalue weighted by atomic mass is 16.3. The van der Waals surface area contributed by atoms with E-state index in [-0.39, 0.29) is 65.6 Å². The molecule has 0 amide bonds. The minimum Gasteiger partial charge on any atom is -0.381 e. The highest BCUT2D eigenvalue weighted by Crippen LogP contribution is 2.66. The lowest BCUT2D eigenvalue weighted by atomic mass is 9.46. The predicted molar refractivity (Wildman–Crippen MR) is 127 cm³/mol. The van der Waals surface area contributed by atoms with Gasteiger partial charge in [-0.25, -0.2) is 0 Å². The minimum atomic E-state index is -1.57. The quantitative estimate of drug-likeness (QED) is 0.643. The highest BCUT2D eigenvalue weighted by molar-refractivity contribution is 6.00. The Balaban J connectivity index is 1.37. The van der Waals surface area contributed by atoms with Crippen molar-refractivity contribution in [3.8, 4) is 0 Å². The van der Waals surface area contributed by atoms with Crippen molar-refractivity contribution in [1.82, 2.24) is 0 Å². The molecule has 180 valence electrons. The first-order valence-electron chi connectivity index (χ1n) is 12.7. The molecule has 0 saturated heterocycles. The third-order valence-corrected chi connectivity index (χ3v) is 9.94. The number of hydrogen-bond acceptors (Lipinski definition) is 5. The standard InChI is InChI=1S/C29H34O5/c1-27-14-12-20(30)16-19(27)8-9-21-22-13-15-29(34,28(22,2)17-24(32)26(21)27)25(33)11-10-23(31)18-6-4-3-5-7-18/h3-7,16,21-22,26,34H,8-15,17H2,1-2H3/t21-,22-,26+,27-,28-,29-/m1/s1. The smallest absolute Gasteiger partial charge is 0.165 e.